The lowest BCUT2D eigenvalue weighted by atomic mass is 10.2. The standard InChI is InChI=1S/C16H18N2O/c1-13-7-6-10-15(11-13)18(2)16(19)12-17-14-8-4-3-5-9-14/h3-11,17H,12H2,1-2H3. The molecule has 0 aromatic heterocycles. The normalized spacial score (nSPS) is 10.0. The average Bonchev–Trinajstić information content (AvgIpc) is 2.45. The van der Waals surface area contributed by atoms with Gasteiger partial charge in [0.05, 0.1) is 6.54 Å². The van der Waals surface area contributed by atoms with Crippen molar-refractivity contribution in [1.82, 2.24) is 0 Å². The highest BCUT2D eigenvalue weighted by Gasteiger charge is 2.10. The molecule has 0 bridgehead atoms. The molecule has 2 rings (SSSR count). The Bertz CT molecular complexity index is 552. The highest BCUT2D eigenvalue weighted by Crippen LogP contribution is 2.14. The van der Waals surface area contributed by atoms with Crippen molar-refractivity contribution < 1.29 is 4.79 Å². The first-order valence-corrected chi connectivity index (χ1v) is 6.29. The average molecular weight is 254 g/mol. The largest absolute Gasteiger partial charge is 0.376 e. The Morgan fingerprint density at radius 2 is 1.84 bits per heavy atom. The number of carbonyl (C=O) groups excluding carboxylic acids is 1. The Labute approximate surface area is 113 Å². The Kier molecular flexibility index (Phi) is 4.18. The number of nitrogens with one attached hydrogen (secondary N) is 1. The summed E-state index contributed by atoms with van der Waals surface area (Å²) in [5.41, 5.74) is 3.02. The highest BCUT2D eigenvalue weighted by atomic mass is 16.2. The molecule has 0 aliphatic rings. The minimum Gasteiger partial charge on any atom is -0.376 e. The second-order valence-electron chi connectivity index (χ2n) is 4.51. The Hall–Kier alpha value is -2.29. The third-order valence-electron chi connectivity index (χ3n) is 2.98. The molecule has 0 unspecified atom stereocenters. The molecule has 0 aliphatic heterocycles. The summed E-state index contributed by atoms with van der Waals surface area (Å²) in [5.74, 6) is 0.0365. The molecule has 0 saturated carbocycles. The van der Waals surface area contributed by atoms with E-state index in [0.717, 1.165) is 16.9 Å². The van der Waals surface area contributed by atoms with Crippen LogP contribution in [-0.2, 0) is 4.79 Å². The van der Waals surface area contributed by atoms with Crippen molar-refractivity contribution in [3.05, 3.63) is 60.2 Å². The molecule has 0 aliphatic carbocycles. The SMILES string of the molecule is Cc1cccc(N(C)C(=O)CNc2ccccc2)c1. The molecular weight excluding hydrogens is 236 g/mol. The van der Waals surface area contributed by atoms with Crippen LogP contribution in [0.5, 0.6) is 0 Å². The van der Waals surface area contributed by atoms with Gasteiger partial charge in [-0.15, -0.1) is 0 Å². The van der Waals surface area contributed by atoms with E-state index in [1.54, 1.807) is 11.9 Å². The summed E-state index contributed by atoms with van der Waals surface area (Å²) in [5, 5.41) is 3.12. The van der Waals surface area contributed by atoms with Crippen LogP contribution in [0.1, 0.15) is 5.56 Å². The Morgan fingerprint density at radius 3 is 2.53 bits per heavy atom. The second kappa shape index (κ2) is 6.05. The molecule has 3 heteroatoms. The van der Waals surface area contributed by atoms with Crippen LogP contribution in [0.25, 0.3) is 0 Å². The monoisotopic (exact) mass is 254 g/mol. The second-order valence-corrected chi connectivity index (χ2v) is 4.51. The topological polar surface area (TPSA) is 32.3 Å². The maximum atomic E-state index is 12.1. The summed E-state index contributed by atoms with van der Waals surface area (Å²) in [6.07, 6.45) is 0. The molecule has 2 aromatic rings. The minimum absolute atomic E-state index is 0.0365. The zero-order chi connectivity index (χ0) is 13.7. The fraction of sp³-hybridized carbons (Fsp3) is 0.188. The summed E-state index contributed by atoms with van der Waals surface area (Å²) in [6, 6.07) is 17.6. The first-order chi connectivity index (χ1) is 9.16. The number of hydrogen-bond donors (Lipinski definition) is 1. The van der Waals surface area contributed by atoms with E-state index in [1.807, 2.05) is 61.5 Å². The van der Waals surface area contributed by atoms with Crippen LogP contribution in [0.3, 0.4) is 0 Å². The summed E-state index contributed by atoms with van der Waals surface area (Å²) in [4.78, 5) is 13.8. The van der Waals surface area contributed by atoms with Crippen molar-refractivity contribution in [3.63, 3.8) is 0 Å². The van der Waals surface area contributed by atoms with Gasteiger partial charge in [0.25, 0.3) is 0 Å². The highest BCUT2D eigenvalue weighted by molar-refractivity contribution is 5.95. The molecular formula is C16H18N2O. The quantitative estimate of drug-likeness (QED) is 0.909. The van der Waals surface area contributed by atoms with Crippen LogP contribution in [0.15, 0.2) is 54.6 Å². The van der Waals surface area contributed by atoms with Crippen LogP contribution < -0.4 is 10.2 Å². The van der Waals surface area contributed by atoms with E-state index >= 15 is 0 Å². The van der Waals surface area contributed by atoms with E-state index in [0.29, 0.717) is 0 Å². The molecule has 19 heavy (non-hydrogen) atoms. The van der Waals surface area contributed by atoms with Gasteiger partial charge < -0.3 is 10.2 Å². The Balaban J connectivity index is 1.96. The number of para-hydroxylation sites is 1. The van der Waals surface area contributed by atoms with E-state index < -0.39 is 0 Å². The van der Waals surface area contributed by atoms with Crippen LogP contribution in [0.4, 0.5) is 11.4 Å². The number of benzene rings is 2. The lowest BCUT2D eigenvalue weighted by molar-refractivity contribution is -0.116. The van der Waals surface area contributed by atoms with Crippen LogP contribution in [-0.4, -0.2) is 19.5 Å². The predicted octanol–water partition coefficient (Wildman–Crippen LogP) is 3.07. The molecule has 98 valence electrons. The lowest BCUT2D eigenvalue weighted by Crippen LogP contribution is -2.32. The predicted molar refractivity (Wildman–Crippen MR) is 79.5 cm³/mol. The van der Waals surface area contributed by atoms with Gasteiger partial charge in [0, 0.05) is 18.4 Å². The fourth-order valence-electron chi connectivity index (χ4n) is 1.83. The number of anilines is 2. The molecule has 2 aromatic carbocycles. The van der Waals surface area contributed by atoms with Crippen molar-refractivity contribution in [2.24, 2.45) is 0 Å². The molecule has 3 nitrogen and oxygen atoms in total. The van der Waals surface area contributed by atoms with Gasteiger partial charge in [0.2, 0.25) is 5.91 Å². The smallest absolute Gasteiger partial charge is 0.246 e. The number of amides is 1. The van der Waals surface area contributed by atoms with E-state index in [9.17, 15) is 4.79 Å². The van der Waals surface area contributed by atoms with Gasteiger partial charge in [0.1, 0.15) is 0 Å². The van der Waals surface area contributed by atoms with Gasteiger partial charge in [-0.25, -0.2) is 0 Å². The summed E-state index contributed by atoms with van der Waals surface area (Å²) in [7, 11) is 1.80. The van der Waals surface area contributed by atoms with Gasteiger partial charge in [-0.3, -0.25) is 4.79 Å². The molecule has 1 N–H and O–H groups in total. The van der Waals surface area contributed by atoms with Crippen molar-refractivity contribution in [2.75, 3.05) is 23.8 Å². The fourth-order valence-corrected chi connectivity index (χ4v) is 1.83. The third kappa shape index (κ3) is 3.58. The van der Waals surface area contributed by atoms with Crippen molar-refractivity contribution in [3.8, 4) is 0 Å². The zero-order valence-electron chi connectivity index (χ0n) is 11.3. The number of carbonyl (C=O) groups is 1. The van der Waals surface area contributed by atoms with Crippen molar-refractivity contribution in [2.45, 2.75) is 6.92 Å². The van der Waals surface area contributed by atoms with Crippen LogP contribution in [0, 0.1) is 6.92 Å². The first-order valence-electron chi connectivity index (χ1n) is 6.29. The summed E-state index contributed by atoms with van der Waals surface area (Å²) >= 11 is 0. The molecule has 0 fully saturated rings. The molecule has 0 radical (unpaired) electrons. The van der Waals surface area contributed by atoms with Gasteiger partial charge in [0.15, 0.2) is 0 Å². The van der Waals surface area contributed by atoms with Crippen LogP contribution >= 0.6 is 0 Å². The molecule has 0 saturated heterocycles. The van der Waals surface area contributed by atoms with Gasteiger partial charge in [-0.05, 0) is 36.8 Å². The molecule has 0 spiro atoms. The van der Waals surface area contributed by atoms with E-state index in [-0.39, 0.29) is 12.5 Å². The Morgan fingerprint density at radius 1 is 1.11 bits per heavy atom. The van der Waals surface area contributed by atoms with E-state index in [2.05, 4.69) is 5.32 Å². The number of aryl methyl sites for hydroxylation is 1. The third-order valence-corrected chi connectivity index (χ3v) is 2.98. The molecule has 1 amide bonds. The maximum absolute atomic E-state index is 12.1. The van der Waals surface area contributed by atoms with Crippen LogP contribution in [0.2, 0.25) is 0 Å². The minimum atomic E-state index is 0.0365. The number of rotatable bonds is 4. The maximum Gasteiger partial charge on any atom is 0.246 e. The van der Waals surface area contributed by atoms with Crippen molar-refractivity contribution >= 4 is 17.3 Å². The number of nitrogens with zero attached hydrogens (tertiary/aromatic N) is 1. The van der Waals surface area contributed by atoms with E-state index in [1.165, 1.54) is 0 Å². The van der Waals surface area contributed by atoms with E-state index in [4.69, 9.17) is 0 Å². The number of likely N-dealkylation sites (N-methyl/N-ethyl adjacent to an activating group) is 1. The zero-order valence-corrected chi connectivity index (χ0v) is 11.3. The van der Waals surface area contributed by atoms with Gasteiger partial charge in [-0.2, -0.15) is 0 Å². The molecule has 0 atom stereocenters. The lowest BCUT2D eigenvalue weighted by Gasteiger charge is -2.18. The first kappa shape index (κ1) is 13.1. The van der Waals surface area contributed by atoms with Crippen molar-refractivity contribution in [1.29, 1.82) is 0 Å². The van der Waals surface area contributed by atoms with Gasteiger partial charge in [-0.1, -0.05) is 30.3 Å². The summed E-state index contributed by atoms with van der Waals surface area (Å²) in [6.45, 7) is 2.30. The van der Waals surface area contributed by atoms with Gasteiger partial charge >= 0.3 is 0 Å². The summed E-state index contributed by atoms with van der Waals surface area (Å²) < 4.78 is 0. The molecule has 0 heterocycles. The number of hydrogen-bond acceptors (Lipinski definition) is 2.